The first-order chi connectivity index (χ1) is 35.7. The van der Waals surface area contributed by atoms with Crippen LogP contribution < -0.4 is 0 Å². The van der Waals surface area contributed by atoms with E-state index in [0.29, 0.717) is 5.82 Å². The molecule has 0 unspecified atom stereocenters. The van der Waals surface area contributed by atoms with Gasteiger partial charge in [0.2, 0.25) is 0 Å². The van der Waals surface area contributed by atoms with Crippen LogP contribution in [0.15, 0.2) is 223 Å². The predicted octanol–water partition coefficient (Wildman–Crippen LogP) is 18.9. The molecule has 0 fully saturated rings. The third-order valence-electron chi connectivity index (χ3n) is 14.9. The van der Waals surface area contributed by atoms with Gasteiger partial charge in [-0.05, 0) is 92.3 Å². The first-order valence-corrected chi connectivity index (χ1v) is 25.7. The first-order valence-electron chi connectivity index (χ1n) is 24.9. The van der Waals surface area contributed by atoms with Gasteiger partial charge in [0, 0.05) is 64.0 Å². The number of fused-ring (bicyclic) bond motifs is 14. The van der Waals surface area contributed by atoms with Gasteiger partial charge in [-0.2, -0.15) is 0 Å². The van der Waals surface area contributed by atoms with E-state index in [2.05, 4.69) is 230 Å². The number of aromatic nitrogens is 3. The third kappa shape index (κ3) is 6.17. The van der Waals surface area contributed by atoms with Crippen LogP contribution in [0.3, 0.4) is 0 Å². The molecular weight excluding hydrogens is 895 g/mol. The number of hydrogen-bond acceptors (Lipinski definition) is 4. The minimum atomic E-state index is 0.679. The van der Waals surface area contributed by atoms with Crippen molar-refractivity contribution in [1.29, 1.82) is 0 Å². The number of nitrogens with zero attached hydrogens (tertiary/aromatic N) is 3. The molecular formula is C67H43N3OS. The van der Waals surface area contributed by atoms with Crippen molar-refractivity contribution in [2.75, 3.05) is 0 Å². The number of hydrogen-bond donors (Lipinski definition) is 0. The van der Waals surface area contributed by atoms with Crippen molar-refractivity contribution in [1.82, 2.24) is 14.5 Å². The summed E-state index contributed by atoms with van der Waals surface area (Å²) in [5.41, 5.74) is 13.2. The van der Waals surface area contributed by atoms with E-state index in [0.717, 1.165) is 90.7 Å². The summed E-state index contributed by atoms with van der Waals surface area (Å²) < 4.78 is 12.3. The summed E-state index contributed by atoms with van der Waals surface area (Å²) in [6.45, 7) is 2.27. The molecule has 0 N–H and O–H groups in total. The maximum atomic E-state index is 7.36. The highest BCUT2D eigenvalue weighted by Crippen LogP contribution is 2.49. The van der Waals surface area contributed by atoms with Crippen molar-refractivity contribution in [3.05, 3.63) is 224 Å². The molecule has 0 radical (unpaired) electrons. The molecule has 11 aromatic carbocycles. The molecule has 0 spiro atoms. The van der Waals surface area contributed by atoms with Crippen LogP contribution in [0, 0.1) is 0 Å². The SMILES string of the molecule is CCCc1c(-c2ccc3c(oc4ccc5ccccc5c43)c2-n2c3cc4ccccc4cc3c3c4ccccc4ccc32)nc(-c2ccc(-c3ccccc3)cc2)nc1-c1cccc2c1sc1ccccc12. The van der Waals surface area contributed by atoms with Crippen molar-refractivity contribution in [3.63, 3.8) is 0 Å². The van der Waals surface area contributed by atoms with Crippen LogP contribution in [0.1, 0.15) is 18.9 Å². The van der Waals surface area contributed by atoms with Gasteiger partial charge in [0.05, 0.1) is 28.1 Å². The molecule has 0 saturated carbocycles. The maximum absolute atomic E-state index is 7.36. The van der Waals surface area contributed by atoms with Gasteiger partial charge in [0.15, 0.2) is 11.4 Å². The largest absolute Gasteiger partial charge is 0.454 e. The van der Waals surface area contributed by atoms with Gasteiger partial charge in [0.25, 0.3) is 0 Å². The molecule has 72 heavy (non-hydrogen) atoms. The van der Waals surface area contributed by atoms with E-state index in [-0.39, 0.29) is 0 Å². The van der Waals surface area contributed by atoms with E-state index in [1.54, 1.807) is 0 Å². The predicted molar refractivity (Wildman–Crippen MR) is 305 cm³/mol. The number of rotatable bonds is 7. The summed E-state index contributed by atoms with van der Waals surface area (Å²) in [6.07, 6.45) is 1.67. The zero-order valence-corrected chi connectivity index (χ0v) is 40.2. The lowest BCUT2D eigenvalue weighted by Gasteiger charge is -2.20. The molecule has 15 aromatic rings. The lowest BCUT2D eigenvalue weighted by molar-refractivity contribution is 0.667. The van der Waals surface area contributed by atoms with E-state index < -0.39 is 0 Å². The highest BCUT2D eigenvalue weighted by atomic mass is 32.1. The summed E-state index contributed by atoms with van der Waals surface area (Å²) in [6, 6.07) is 79.2. The Morgan fingerprint density at radius 3 is 1.85 bits per heavy atom. The quantitative estimate of drug-likeness (QED) is 0.160. The molecule has 0 saturated heterocycles. The molecule has 0 bridgehead atoms. The first kappa shape index (κ1) is 40.9. The molecule has 4 aromatic heterocycles. The number of furan rings is 1. The fraction of sp³-hybridized carbons (Fsp3) is 0.0448. The van der Waals surface area contributed by atoms with E-state index in [9.17, 15) is 0 Å². The molecule has 0 aliphatic carbocycles. The van der Waals surface area contributed by atoms with Crippen LogP contribution in [-0.4, -0.2) is 14.5 Å². The zero-order valence-electron chi connectivity index (χ0n) is 39.4. The van der Waals surface area contributed by atoms with Crippen molar-refractivity contribution in [2.45, 2.75) is 19.8 Å². The maximum Gasteiger partial charge on any atom is 0.160 e. The average Bonchev–Trinajstić information content (AvgIpc) is 4.12. The highest BCUT2D eigenvalue weighted by Gasteiger charge is 2.28. The van der Waals surface area contributed by atoms with E-state index in [1.165, 1.54) is 68.8 Å². The van der Waals surface area contributed by atoms with Crippen LogP contribution in [0.2, 0.25) is 0 Å². The molecule has 338 valence electrons. The van der Waals surface area contributed by atoms with Gasteiger partial charge in [-0.15, -0.1) is 11.3 Å². The Morgan fingerprint density at radius 1 is 0.444 bits per heavy atom. The van der Waals surface area contributed by atoms with Crippen LogP contribution in [0.5, 0.6) is 0 Å². The standard InChI is InChI=1S/C67H43N3OS/c1-2-15-52-62(68-67(44-30-28-41(29-31-44)40-16-4-3-5-17-40)69-63(52)54-26-14-25-50-49-24-12-13-27-59(49)72-66(50)54)53-35-34-51-61-48-23-11-9-19-43(48)33-37-58(61)71-65(51)64(53)70-56-36-32-42-18-8-10-22-47(42)60(56)55-38-45-20-6-7-21-46(45)39-57(55)70/h3-14,16-39H,2,15H2,1H3. The van der Waals surface area contributed by atoms with Crippen LogP contribution in [0.4, 0.5) is 0 Å². The molecule has 4 nitrogen and oxygen atoms in total. The molecule has 15 rings (SSSR count). The van der Waals surface area contributed by atoms with Crippen LogP contribution in [0.25, 0.3) is 147 Å². The molecule has 4 heterocycles. The van der Waals surface area contributed by atoms with Crippen molar-refractivity contribution < 1.29 is 4.42 Å². The second kappa shape index (κ2) is 16.1. The lowest BCUT2D eigenvalue weighted by atomic mass is 9.93. The highest BCUT2D eigenvalue weighted by molar-refractivity contribution is 7.26. The Morgan fingerprint density at radius 2 is 1.07 bits per heavy atom. The average molecular weight is 938 g/mol. The Balaban J connectivity index is 1.11. The Kier molecular flexibility index (Phi) is 9.14. The van der Waals surface area contributed by atoms with Crippen LogP contribution >= 0.6 is 11.3 Å². The normalized spacial score (nSPS) is 12.1. The number of thiophene rings is 1. The number of benzene rings is 11. The fourth-order valence-electron chi connectivity index (χ4n) is 11.6. The molecule has 0 aliphatic rings. The van der Waals surface area contributed by atoms with Gasteiger partial charge in [-0.1, -0.05) is 189 Å². The summed E-state index contributed by atoms with van der Waals surface area (Å²) in [4.78, 5) is 11.5. The van der Waals surface area contributed by atoms with Crippen molar-refractivity contribution in [2.24, 2.45) is 0 Å². The van der Waals surface area contributed by atoms with Crippen LogP contribution in [-0.2, 0) is 6.42 Å². The van der Waals surface area contributed by atoms with E-state index in [4.69, 9.17) is 14.4 Å². The second-order valence-electron chi connectivity index (χ2n) is 19.0. The smallest absolute Gasteiger partial charge is 0.160 e. The van der Waals surface area contributed by atoms with E-state index >= 15 is 0 Å². The van der Waals surface area contributed by atoms with Gasteiger partial charge in [-0.3, -0.25) is 0 Å². The molecule has 0 atom stereocenters. The topological polar surface area (TPSA) is 43.9 Å². The van der Waals surface area contributed by atoms with Gasteiger partial charge in [0.1, 0.15) is 5.58 Å². The summed E-state index contributed by atoms with van der Waals surface area (Å²) in [5, 5.41) is 14.2. The van der Waals surface area contributed by atoms with Crippen molar-refractivity contribution in [3.8, 4) is 50.7 Å². The zero-order chi connectivity index (χ0) is 47.4. The Bertz CT molecular complexity index is 4690. The van der Waals surface area contributed by atoms with Gasteiger partial charge >= 0.3 is 0 Å². The second-order valence-corrected chi connectivity index (χ2v) is 20.1. The lowest BCUT2D eigenvalue weighted by Crippen LogP contribution is -2.06. The fourth-order valence-corrected chi connectivity index (χ4v) is 12.9. The monoisotopic (exact) mass is 937 g/mol. The van der Waals surface area contributed by atoms with E-state index in [1.807, 2.05) is 11.3 Å². The Labute approximate surface area is 418 Å². The van der Waals surface area contributed by atoms with Crippen molar-refractivity contribution >= 4 is 108 Å². The Hall–Kier alpha value is -8.90. The minimum absolute atomic E-state index is 0.679. The summed E-state index contributed by atoms with van der Waals surface area (Å²) >= 11 is 1.84. The summed E-state index contributed by atoms with van der Waals surface area (Å²) in [7, 11) is 0. The molecule has 0 amide bonds. The van der Waals surface area contributed by atoms with Gasteiger partial charge < -0.3 is 8.98 Å². The third-order valence-corrected chi connectivity index (χ3v) is 16.1. The molecule has 5 heteroatoms. The minimum Gasteiger partial charge on any atom is -0.454 e. The molecule has 0 aliphatic heterocycles. The summed E-state index contributed by atoms with van der Waals surface area (Å²) in [5.74, 6) is 0.679. The van der Waals surface area contributed by atoms with Gasteiger partial charge in [-0.25, -0.2) is 9.97 Å².